The van der Waals surface area contributed by atoms with Gasteiger partial charge in [0.2, 0.25) is 0 Å². The molecule has 0 bridgehead atoms. The van der Waals surface area contributed by atoms with Crippen LogP contribution in [0, 0.1) is 0 Å². The lowest BCUT2D eigenvalue weighted by molar-refractivity contribution is -0.119. The number of hydrogen-bond donors (Lipinski definition) is 1. The van der Waals surface area contributed by atoms with Crippen molar-refractivity contribution in [2.45, 2.75) is 25.7 Å². The van der Waals surface area contributed by atoms with Crippen molar-refractivity contribution in [2.24, 2.45) is 0 Å². The van der Waals surface area contributed by atoms with Gasteiger partial charge in [0, 0.05) is 21.5 Å². The Labute approximate surface area is 168 Å². The molecule has 0 saturated carbocycles. The van der Waals surface area contributed by atoms with E-state index in [1.54, 1.807) is 11.3 Å². The molecular formula is C23H21NO3S. The predicted molar refractivity (Wildman–Crippen MR) is 112 cm³/mol. The molecule has 0 atom stereocenters. The third-order valence-corrected chi connectivity index (χ3v) is 5.99. The number of amides is 1. The number of aryl methyl sites for hydroxylation is 1. The van der Waals surface area contributed by atoms with Crippen molar-refractivity contribution in [3.63, 3.8) is 0 Å². The summed E-state index contributed by atoms with van der Waals surface area (Å²) >= 11 is 1.62. The van der Waals surface area contributed by atoms with Crippen molar-refractivity contribution in [3.8, 4) is 11.1 Å². The first-order valence-electron chi connectivity index (χ1n) is 9.43. The first-order valence-corrected chi connectivity index (χ1v) is 10.3. The number of fused-ring (bicyclic) bond motifs is 1. The number of nitrogens with one attached hydrogen (secondary N) is 1. The zero-order valence-corrected chi connectivity index (χ0v) is 16.3. The molecule has 1 N–H and O–H groups in total. The smallest absolute Gasteiger partial charge is 0.339 e. The van der Waals surface area contributed by atoms with Crippen molar-refractivity contribution in [2.75, 3.05) is 11.9 Å². The van der Waals surface area contributed by atoms with Crippen LogP contribution in [0.15, 0.2) is 60.0 Å². The minimum Gasteiger partial charge on any atom is -0.452 e. The van der Waals surface area contributed by atoms with Crippen LogP contribution in [0.25, 0.3) is 11.1 Å². The Kier molecular flexibility index (Phi) is 5.53. The van der Waals surface area contributed by atoms with E-state index in [9.17, 15) is 9.59 Å². The largest absolute Gasteiger partial charge is 0.452 e. The number of carbonyl (C=O) groups is 2. The topological polar surface area (TPSA) is 55.4 Å². The van der Waals surface area contributed by atoms with E-state index in [1.165, 1.54) is 11.3 Å². The number of carbonyl (C=O) groups excluding carboxylic acids is 2. The summed E-state index contributed by atoms with van der Waals surface area (Å²) in [5, 5.41) is 4.72. The maximum atomic E-state index is 12.4. The molecule has 0 radical (unpaired) electrons. The predicted octanol–water partition coefficient (Wildman–Crippen LogP) is 5.09. The fourth-order valence-electron chi connectivity index (χ4n) is 3.52. The van der Waals surface area contributed by atoms with Gasteiger partial charge in [0.05, 0.1) is 5.56 Å². The van der Waals surface area contributed by atoms with Crippen molar-refractivity contribution >= 4 is 28.9 Å². The van der Waals surface area contributed by atoms with Crippen LogP contribution in [0.1, 0.15) is 33.6 Å². The first-order chi connectivity index (χ1) is 13.7. The van der Waals surface area contributed by atoms with E-state index in [4.69, 9.17) is 4.74 Å². The molecule has 4 nitrogen and oxygen atoms in total. The minimum absolute atomic E-state index is 0.299. The fraction of sp³-hybridized carbons (Fsp3) is 0.217. The minimum atomic E-state index is -0.411. The number of para-hydroxylation sites is 1. The Morgan fingerprint density at radius 1 is 0.964 bits per heavy atom. The van der Waals surface area contributed by atoms with Crippen molar-refractivity contribution in [1.82, 2.24) is 0 Å². The van der Waals surface area contributed by atoms with Gasteiger partial charge < -0.3 is 10.1 Å². The quantitative estimate of drug-likeness (QED) is 0.617. The molecule has 0 unspecified atom stereocenters. The number of ether oxygens (including phenoxy) is 1. The molecule has 1 heterocycles. The van der Waals surface area contributed by atoms with Crippen LogP contribution >= 0.6 is 11.3 Å². The summed E-state index contributed by atoms with van der Waals surface area (Å²) in [6.45, 7) is -0.299. The molecule has 0 aliphatic heterocycles. The molecule has 2 aromatic carbocycles. The molecule has 5 heteroatoms. The van der Waals surface area contributed by atoms with Crippen LogP contribution in [-0.2, 0) is 22.4 Å². The Bertz CT molecular complexity index is 994. The second kappa shape index (κ2) is 8.40. The lowest BCUT2D eigenvalue weighted by Gasteiger charge is -2.13. The Morgan fingerprint density at radius 3 is 2.57 bits per heavy atom. The second-order valence-corrected chi connectivity index (χ2v) is 7.76. The van der Waals surface area contributed by atoms with Crippen molar-refractivity contribution in [1.29, 1.82) is 0 Å². The Hall–Kier alpha value is -2.92. The number of thiophene rings is 1. The van der Waals surface area contributed by atoms with Gasteiger partial charge >= 0.3 is 5.97 Å². The maximum absolute atomic E-state index is 12.4. The Balaban J connectivity index is 1.41. The zero-order chi connectivity index (χ0) is 19.3. The summed E-state index contributed by atoms with van der Waals surface area (Å²) in [5.74, 6) is -0.758. The van der Waals surface area contributed by atoms with Gasteiger partial charge in [-0.1, -0.05) is 48.5 Å². The monoisotopic (exact) mass is 391 g/mol. The first kappa shape index (κ1) is 18.4. The molecule has 0 fully saturated rings. The third-order valence-electron chi connectivity index (χ3n) is 4.90. The molecule has 1 aromatic heterocycles. The molecule has 28 heavy (non-hydrogen) atoms. The van der Waals surface area contributed by atoms with Gasteiger partial charge in [-0.3, -0.25) is 4.79 Å². The van der Waals surface area contributed by atoms with Crippen LogP contribution in [0.2, 0.25) is 0 Å². The highest BCUT2D eigenvalue weighted by Crippen LogP contribution is 2.31. The standard InChI is InChI=1S/C23H21NO3S/c25-22(14-27-23(26)19-15-28-21-13-7-5-11-18(19)21)24-20-12-6-4-10-17(20)16-8-2-1-3-9-16/h1-4,6,8-10,12,15H,5,7,11,13-14H2,(H,24,25). The zero-order valence-electron chi connectivity index (χ0n) is 15.4. The highest BCUT2D eigenvalue weighted by atomic mass is 32.1. The van der Waals surface area contributed by atoms with Gasteiger partial charge in [0.25, 0.3) is 5.91 Å². The number of esters is 1. The van der Waals surface area contributed by atoms with Gasteiger partial charge in [-0.2, -0.15) is 0 Å². The van der Waals surface area contributed by atoms with Crippen LogP contribution < -0.4 is 5.32 Å². The highest BCUT2D eigenvalue weighted by molar-refractivity contribution is 7.10. The van der Waals surface area contributed by atoms with Gasteiger partial charge in [-0.25, -0.2) is 4.79 Å². The highest BCUT2D eigenvalue weighted by Gasteiger charge is 2.21. The SMILES string of the molecule is O=C(COC(=O)c1csc2c1CCCC2)Nc1ccccc1-c1ccccc1. The lowest BCUT2D eigenvalue weighted by Crippen LogP contribution is -2.21. The van der Waals surface area contributed by atoms with E-state index in [2.05, 4.69) is 5.32 Å². The molecular weight excluding hydrogens is 370 g/mol. The van der Waals surface area contributed by atoms with Crippen LogP contribution in [0.3, 0.4) is 0 Å². The lowest BCUT2D eigenvalue weighted by atomic mass is 9.96. The molecule has 0 spiro atoms. The van der Waals surface area contributed by atoms with E-state index in [-0.39, 0.29) is 12.5 Å². The normalized spacial score (nSPS) is 12.9. The number of rotatable bonds is 5. The fourth-order valence-corrected chi connectivity index (χ4v) is 4.64. The molecule has 142 valence electrons. The summed E-state index contributed by atoms with van der Waals surface area (Å²) < 4.78 is 5.29. The van der Waals surface area contributed by atoms with Gasteiger partial charge in [0.15, 0.2) is 6.61 Å². The summed E-state index contributed by atoms with van der Waals surface area (Å²) in [6.07, 6.45) is 4.22. The molecule has 1 aliphatic rings. The third kappa shape index (κ3) is 3.99. The molecule has 3 aromatic rings. The van der Waals surface area contributed by atoms with E-state index in [0.717, 1.165) is 36.0 Å². The summed E-state index contributed by atoms with van der Waals surface area (Å²) in [7, 11) is 0. The van der Waals surface area contributed by atoms with E-state index in [1.807, 2.05) is 60.0 Å². The van der Waals surface area contributed by atoms with E-state index < -0.39 is 5.97 Å². The van der Waals surface area contributed by atoms with Crippen LogP contribution in [0.4, 0.5) is 5.69 Å². The van der Waals surface area contributed by atoms with E-state index in [0.29, 0.717) is 11.3 Å². The van der Waals surface area contributed by atoms with Gasteiger partial charge in [-0.15, -0.1) is 11.3 Å². The summed E-state index contributed by atoms with van der Waals surface area (Å²) in [5.41, 5.74) is 4.37. The average molecular weight is 391 g/mol. The van der Waals surface area contributed by atoms with Gasteiger partial charge in [0.1, 0.15) is 0 Å². The molecule has 0 saturated heterocycles. The van der Waals surface area contributed by atoms with E-state index >= 15 is 0 Å². The number of benzene rings is 2. The van der Waals surface area contributed by atoms with Crippen molar-refractivity contribution in [3.05, 3.63) is 76.0 Å². The van der Waals surface area contributed by atoms with Crippen LogP contribution in [0.5, 0.6) is 0 Å². The van der Waals surface area contributed by atoms with Crippen molar-refractivity contribution < 1.29 is 14.3 Å². The number of anilines is 1. The summed E-state index contributed by atoms with van der Waals surface area (Å²) in [4.78, 5) is 26.1. The molecule has 1 aliphatic carbocycles. The molecule has 4 rings (SSSR count). The number of hydrogen-bond acceptors (Lipinski definition) is 4. The van der Waals surface area contributed by atoms with Gasteiger partial charge in [-0.05, 0) is 42.9 Å². The summed E-state index contributed by atoms with van der Waals surface area (Å²) in [6, 6.07) is 17.4. The average Bonchev–Trinajstić information content (AvgIpc) is 3.17. The Morgan fingerprint density at radius 2 is 1.71 bits per heavy atom. The van der Waals surface area contributed by atoms with Crippen LogP contribution in [-0.4, -0.2) is 18.5 Å². The second-order valence-electron chi connectivity index (χ2n) is 6.79. The molecule has 1 amide bonds. The maximum Gasteiger partial charge on any atom is 0.339 e.